The van der Waals surface area contributed by atoms with E-state index in [9.17, 15) is 23.1 Å². The highest BCUT2D eigenvalue weighted by Crippen LogP contribution is 2.20. The summed E-state index contributed by atoms with van der Waals surface area (Å²) in [6, 6.07) is 2.54. The van der Waals surface area contributed by atoms with Gasteiger partial charge in [-0.05, 0) is 30.9 Å². The Kier molecular flexibility index (Phi) is 7.46. The fraction of sp³-hybridized carbons (Fsp3) is 0.500. The predicted octanol–water partition coefficient (Wildman–Crippen LogP) is 0.303. The third-order valence-corrected chi connectivity index (χ3v) is 6.73. The predicted molar refractivity (Wildman–Crippen MR) is 118 cm³/mol. The van der Waals surface area contributed by atoms with E-state index in [0.29, 0.717) is 19.4 Å². The number of sulfonamides is 1. The molecule has 1 aliphatic rings. The second kappa shape index (κ2) is 10.1. The monoisotopic (exact) mass is 464 g/mol. The molecule has 0 saturated carbocycles. The molecule has 174 valence electrons. The first-order valence-corrected chi connectivity index (χ1v) is 12.2. The minimum atomic E-state index is -3.77. The zero-order valence-corrected chi connectivity index (χ0v) is 18.7. The molecule has 32 heavy (non-hydrogen) atoms. The molecular formula is C20H28N6O5S. The maximum Gasteiger partial charge on any atom is 0.322 e. The highest BCUT2D eigenvalue weighted by atomic mass is 32.2. The number of anilines is 1. The molecule has 2 aromatic heterocycles. The molecule has 0 bridgehead atoms. The lowest BCUT2D eigenvalue weighted by atomic mass is 10.1. The van der Waals surface area contributed by atoms with Gasteiger partial charge in [0.25, 0.3) is 5.91 Å². The topological polar surface area (TPSA) is 169 Å². The van der Waals surface area contributed by atoms with Crippen LogP contribution in [0, 0.1) is 0 Å². The Morgan fingerprint density at radius 3 is 2.84 bits per heavy atom. The molecule has 12 heteroatoms. The van der Waals surface area contributed by atoms with Crippen molar-refractivity contribution in [3.05, 3.63) is 40.8 Å². The summed E-state index contributed by atoms with van der Waals surface area (Å²) in [7, 11) is -3.77. The molecule has 0 radical (unpaired) electrons. The number of amides is 1. The van der Waals surface area contributed by atoms with Gasteiger partial charge in [0.15, 0.2) is 0 Å². The van der Waals surface area contributed by atoms with Crippen LogP contribution in [0.3, 0.4) is 0 Å². The Labute approximate surface area is 186 Å². The summed E-state index contributed by atoms with van der Waals surface area (Å²) in [6.07, 6.45) is 4.10. The number of aryl methyl sites for hydroxylation is 3. The summed E-state index contributed by atoms with van der Waals surface area (Å²) in [5.74, 6) is -1.43. The Balaban J connectivity index is 1.74. The van der Waals surface area contributed by atoms with Gasteiger partial charge in [0.1, 0.15) is 11.9 Å². The van der Waals surface area contributed by atoms with Gasteiger partial charge in [-0.1, -0.05) is 13.0 Å². The van der Waals surface area contributed by atoms with E-state index in [4.69, 9.17) is 5.73 Å². The number of nitrogens with two attached hydrogens (primary N) is 1. The van der Waals surface area contributed by atoms with E-state index in [1.165, 1.54) is 16.4 Å². The van der Waals surface area contributed by atoms with Crippen molar-refractivity contribution >= 4 is 27.7 Å². The molecule has 1 amide bonds. The van der Waals surface area contributed by atoms with Gasteiger partial charge in [-0.2, -0.15) is 5.10 Å². The largest absolute Gasteiger partial charge is 0.480 e. The number of carbonyl (C=O) groups excluding carboxylic acids is 1. The first-order valence-electron chi connectivity index (χ1n) is 10.5. The number of carbonyl (C=O) groups is 2. The number of fused-ring (bicyclic) bond motifs is 1. The lowest BCUT2D eigenvalue weighted by molar-refractivity contribution is -0.138. The van der Waals surface area contributed by atoms with Gasteiger partial charge in [-0.3, -0.25) is 14.3 Å². The molecule has 0 unspecified atom stereocenters. The van der Waals surface area contributed by atoms with Gasteiger partial charge in [0.2, 0.25) is 10.0 Å². The fourth-order valence-corrected chi connectivity index (χ4v) is 4.86. The van der Waals surface area contributed by atoms with Crippen LogP contribution in [0.4, 0.5) is 5.82 Å². The van der Waals surface area contributed by atoms with E-state index >= 15 is 0 Å². The van der Waals surface area contributed by atoms with Crippen molar-refractivity contribution in [2.45, 2.75) is 51.6 Å². The zero-order chi connectivity index (χ0) is 23.3. The number of primary amides is 1. The summed E-state index contributed by atoms with van der Waals surface area (Å²) < 4.78 is 27.7. The number of hydrogen-bond donors (Lipinski definition) is 4. The zero-order valence-electron chi connectivity index (χ0n) is 17.9. The molecule has 3 heterocycles. The Morgan fingerprint density at radius 1 is 1.38 bits per heavy atom. The Hall–Kier alpha value is -2.99. The molecule has 5 N–H and O–H groups in total. The van der Waals surface area contributed by atoms with Crippen LogP contribution in [0.15, 0.2) is 18.3 Å². The van der Waals surface area contributed by atoms with Crippen LogP contribution in [0.25, 0.3) is 0 Å². The highest BCUT2D eigenvalue weighted by Gasteiger charge is 2.27. The van der Waals surface area contributed by atoms with Crippen molar-refractivity contribution < 1.29 is 23.1 Å². The summed E-state index contributed by atoms with van der Waals surface area (Å²) in [6.45, 7) is 2.96. The van der Waals surface area contributed by atoms with Crippen LogP contribution < -0.4 is 15.8 Å². The second-order valence-electron chi connectivity index (χ2n) is 7.74. The van der Waals surface area contributed by atoms with Gasteiger partial charge < -0.3 is 16.2 Å². The summed E-state index contributed by atoms with van der Waals surface area (Å²) in [5, 5.41) is 17.0. The number of carboxylic acids is 1. The minimum Gasteiger partial charge on any atom is -0.480 e. The van der Waals surface area contributed by atoms with Crippen LogP contribution in [0.1, 0.15) is 47.1 Å². The van der Waals surface area contributed by atoms with Crippen molar-refractivity contribution in [3.8, 4) is 0 Å². The second-order valence-corrected chi connectivity index (χ2v) is 9.61. The normalized spacial score (nSPS) is 14.4. The van der Waals surface area contributed by atoms with Crippen molar-refractivity contribution in [2.24, 2.45) is 5.73 Å². The molecule has 0 saturated heterocycles. The summed E-state index contributed by atoms with van der Waals surface area (Å²) >= 11 is 0. The number of nitrogens with one attached hydrogen (secondary N) is 2. The molecule has 11 nitrogen and oxygen atoms in total. The smallest absolute Gasteiger partial charge is 0.322 e. The molecule has 0 fully saturated rings. The lowest BCUT2D eigenvalue weighted by Gasteiger charge is -2.17. The molecule has 1 aliphatic heterocycles. The quantitative estimate of drug-likeness (QED) is 0.368. The van der Waals surface area contributed by atoms with E-state index in [1.54, 1.807) is 6.92 Å². The first kappa shape index (κ1) is 23.7. The van der Waals surface area contributed by atoms with Crippen molar-refractivity contribution in [1.29, 1.82) is 0 Å². The number of carboxylic acid groups (broad SMARTS) is 1. The average Bonchev–Trinajstić information content (AvgIpc) is 3.14. The van der Waals surface area contributed by atoms with Crippen molar-refractivity contribution in [1.82, 2.24) is 19.5 Å². The van der Waals surface area contributed by atoms with E-state index in [0.717, 1.165) is 30.9 Å². The van der Waals surface area contributed by atoms with Gasteiger partial charge in [-0.15, -0.1) is 0 Å². The maximum absolute atomic E-state index is 12.0. The molecule has 2 aromatic rings. The van der Waals surface area contributed by atoms with Crippen molar-refractivity contribution in [2.75, 3.05) is 17.6 Å². The highest BCUT2D eigenvalue weighted by molar-refractivity contribution is 7.89. The third-order valence-electron chi connectivity index (χ3n) is 5.14. The Morgan fingerprint density at radius 2 is 2.16 bits per heavy atom. The lowest BCUT2D eigenvalue weighted by Crippen LogP contribution is -2.43. The Bertz CT molecular complexity index is 1100. The fourth-order valence-electron chi connectivity index (χ4n) is 3.59. The number of aliphatic carboxylic acids is 1. The van der Waals surface area contributed by atoms with Crippen LogP contribution >= 0.6 is 0 Å². The van der Waals surface area contributed by atoms with E-state index in [1.807, 2.05) is 12.1 Å². The van der Waals surface area contributed by atoms with E-state index < -0.39 is 27.9 Å². The first-order chi connectivity index (χ1) is 15.2. The molecular weight excluding hydrogens is 436 g/mol. The van der Waals surface area contributed by atoms with Crippen molar-refractivity contribution in [3.63, 3.8) is 0 Å². The molecule has 3 rings (SSSR count). The number of pyridine rings is 1. The summed E-state index contributed by atoms with van der Waals surface area (Å²) in [4.78, 5) is 28.1. The maximum atomic E-state index is 12.0. The van der Waals surface area contributed by atoms with E-state index in [2.05, 4.69) is 20.1 Å². The molecule has 1 atom stereocenters. The van der Waals surface area contributed by atoms with Gasteiger partial charge in [-0.25, -0.2) is 18.1 Å². The van der Waals surface area contributed by atoms with Crippen LogP contribution in [-0.4, -0.2) is 58.5 Å². The third kappa shape index (κ3) is 6.04. The minimum absolute atomic E-state index is 0.0611. The average molecular weight is 465 g/mol. The van der Waals surface area contributed by atoms with E-state index in [-0.39, 0.29) is 23.4 Å². The molecule has 0 aromatic carbocycles. The van der Waals surface area contributed by atoms with Crippen LogP contribution in [-0.2, 0) is 40.6 Å². The number of rotatable bonds is 11. The molecule has 0 spiro atoms. The van der Waals surface area contributed by atoms with Gasteiger partial charge >= 0.3 is 5.97 Å². The standard InChI is InChI=1S/C20H28N6O5S/c1-2-10-32(30,31)25-17(20(28)29)11-16-15(18(21)27)12-26(24-16)9-7-14-6-5-13-4-3-8-22-19(13)23-14/h5-6,12,17,25H,2-4,7-11H2,1H3,(H2,21,27)(H,22,23)(H,28,29)/t17-/m0/s1. The van der Waals surface area contributed by atoms with Crippen LogP contribution in [0.2, 0.25) is 0 Å². The summed E-state index contributed by atoms with van der Waals surface area (Å²) in [5.41, 5.74) is 7.67. The number of nitrogens with zero attached hydrogens (tertiary/aromatic N) is 3. The molecule has 0 aliphatic carbocycles. The van der Waals surface area contributed by atoms with Gasteiger partial charge in [0, 0.05) is 37.8 Å². The van der Waals surface area contributed by atoms with Crippen LogP contribution in [0.5, 0.6) is 0 Å². The number of aromatic nitrogens is 3. The van der Waals surface area contributed by atoms with Gasteiger partial charge in [0.05, 0.1) is 17.0 Å². The SMILES string of the molecule is CCCS(=O)(=O)N[C@@H](Cc1nn(CCc2ccc3c(n2)NCCC3)cc1C(N)=O)C(=O)O. The number of hydrogen-bond acceptors (Lipinski definition) is 7.